The van der Waals surface area contributed by atoms with Crippen molar-refractivity contribution in [2.45, 2.75) is 57.2 Å². The van der Waals surface area contributed by atoms with Gasteiger partial charge in [-0.05, 0) is 36.0 Å². The van der Waals surface area contributed by atoms with Crippen molar-refractivity contribution >= 4 is 40.7 Å². The molecule has 0 saturated carbocycles. The van der Waals surface area contributed by atoms with Crippen LogP contribution >= 0.6 is 11.8 Å². The Hall–Kier alpha value is -3.19. The van der Waals surface area contributed by atoms with Crippen LogP contribution in [0.3, 0.4) is 0 Å². The monoisotopic (exact) mass is 499 g/mol. The fourth-order valence-corrected chi connectivity index (χ4v) is 4.51. The van der Waals surface area contributed by atoms with Crippen molar-refractivity contribution in [1.82, 2.24) is 0 Å². The first-order valence-corrected chi connectivity index (χ1v) is 10.9. The summed E-state index contributed by atoms with van der Waals surface area (Å²) in [6, 6.07) is 5.34. The van der Waals surface area contributed by atoms with Gasteiger partial charge in [-0.3, -0.25) is 19.2 Å². The summed E-state index contributed by atoms with van der Waals surface area (Å²) in [7, 11) is 0. The number of rotatable bonds is 6. The van der Waals surface area contributed by atoms with Crippen LogP contribution in [0.15, 0.2) is 29.4 Å². The number of benzene rings is 1. The molecule has 34 heavy (non-hydrogen) atoms. The fourth-order valence-electron chi connectivity index (χ4n) is 3.37. The molecule has 1 spiro atoms. The van der Waals surface area contributed by atoms with Crippen LogP contribution in [0.4, 0.5) is 4.39 Å². The zero-order valence-electron chi connectivity index (χ0n) is 18.6. The Bertz CT molecular complexity index is 1000. The molecule has 2 aliphatic heterocycles. The molecule has 0 radical (unpaired) electrons. The van der Waals surface area contributed by atoms with Gasteiger partial charge < -0.3 is 28.5 Å². The van der Waals surface area contributed by atoms with E-state index in [-0.39, 0.29) is 5.04 Å². The first-order chi connectivity index (χ1) is 16.0. The van der Waals surface area contributed by atoms with Crippen LogP contribution in [0.25, 0.3) is 0 Å². The minimum atomic E-state index is -1.91. The smallest absolute Gasteiger partial charge is 0.332 e. The van der Waals surface area contributed by atoms with E-state index in [1.807, 2.05) is 0 Å². The van der Waals surface area contributed by atoms with E-state index in [1.54, 1.807) is 0 Å². The molecule has 0 bridgehead atoms. The van der Waals surface area contributed by atoms with Gasteiger partial charge in [0.2, 0.25) is 6.10 Å². The maximum Gasteiger partial charge on any atom is 0.332 e. The number of carbonyl (C=O) groups is 4. The van der Waals surface area contributed by atoms with Gasteiger partial charge in [-0.2, -0.15) is 0 Å². The number of ether oxygens (including phenoxy) is 5. The lowest BCUT2D eigenvalue weighted by Crippen LogP contribution is -2.67. The highest BCUT2D eigenvalue weighted by atomic mass is 32.2. The zero-order chi connectivity index (χ0) is 25.0. The molecule has 13 heteroatoms. The SMILES string of the molecule is CC(=O)OC[C@H]1O[C@]2(ON=C(c3ccc(F)cc3)S2)[C@H](OC(C)=O)[C@@H](OC(C)=O)[C@@H]1OC(C)=O. The van der Waals surface area contributed by atoms with Crippen molar-refractivity contribution in [2.75, 3.05) is 6.61 Å². The normalized spacial score (nSPS) is 27.9. The number of oxime groups is 1. The number of hydrogen-bond acceptors (Lipinski definition) is 12. The van der Waals surface area contributed by atoms with Gasteiger partial charge >= 0.3 is 29.0 Å². The third-order valence-corrected chi connectivity index (χ3v) is 5.78. The van der Waals surface area contributed by atoms with E-state index in [4.69, 9.17) is 28.5 Å². The minimum Gasteiger partial charge on any atom is -0.463 e. The highest BCUT2D eigenvalue weighted by molar-refractivity contribution is 8.15. The molecular weight excluding hydrogens is 477 g/mol. The van der Waals surface area contributed by atoms with E-state index in [9.17, 15) is 23.6 Å². The van der Waals surface area contributed by atoms with Crippen LogP contribution in [0.2, 0.25) is 0 Å². The summed E-state index contributed by atoms with van der Waals surface area (Å²) in [6.45, 7) is 4.11. The number of halogens is 1. The predicted octanol–water partition coefficient (Wildman–Crippen LogP) is 1.66. The maximum absolute atomic E-state index is 13.4. The van der Waals surface area contributed by atoms with Crippen LogP contribution in [0, 0.1) is 5.82 Å². The van der Waals surface area contributed by atoms with Gasteiger partial charge in [-0.1, -0.05) is 5.16 Å². The van der Waals surface area contributed by atoms with Crippen LogP contribution < -0.4 is 0 Å². The Balaban J connectivity index is 2.02. The summed E-state index contributed by atoms with van der Waals surface area (Å²) in [5.41, 5.74) is 0.469. The van der Waals surface area contributed by atoms with Gasteiger partial charge in [-0.15, -0.1) is 0 Å². The van der Waals surface area contributed by atoms with Gasteiger partial charge in [0, 0.05) is 33.3 Å². The quantitative estimate of drug-likeness (QED) is 0.417. The molecule has 1 aromatic carbocycles. The summed E-state index contributed by atoms with van der Waals surface area (Å²) in [5.74, 6) is -3.40. The summed E-state index contributed by atoms with van der Waals surface area (Å²) >= 11 is 0.866. The molecule has 0 aromatic heterocycles. The molecule has 1 saturated heterocycles. The van der Waals surface area contributed by atoms with Gasteiger partial charge in [0.1, 0.15) is 23.6 Å². The molecule has 0 N–H and O–H groups in total. The van der Waals surface area contributed by atoms with Crippen molar-refractivity contribution in [3.05, 3.63) is 35.6 Å². The van der Waals surface area contributed by atoms with E-state index in [2.05, 4.69) is 5.16 Å². The molecule has 0 unspecified atom stereocenters. The van der Waals surface area contributed by atoms with Crippen molar-refractivity contribution in [3.63, 3.8) is 0 Å². The van der Waals surface area contributed by atoms with E-state index in [0.717, 1.165) is 32.5 Å². The summed E-state index contributed by atoms with van der Waals surface area (Å²) in [4.78, 5) is 52.7. The van der Waals surface area contributed by atoms with E-state index in [1.165, 1.54) is 31.2 Å². The number of nitrogens with zero attached hydrogens (tertiary/aromatic N) is 1. The van der Waals surface area contributed by atoms with E-state index < -0.39 is 65.8 Å². The fraction of sp³-hybridized carbons (Fsp3) is 0.476. The van der Waals surface area contributed by atoms with Gasteiger partial charge in [0.15, 0.2) is 12.2 Å². The van der Waals surface area contributed by atoms with Crippen molar-refractivity contribution in [2.24, 2.45) is 5.16 Å². The number of hydrogen-bond donors (Lipinski definition) is 0. The van der Waals surface area contributed by atoms with Gasteiger partial charge in [0.25, 0.3) is 0 Å². The Labute approximate surface area is 197 Å². The third-order valence-electron chi connectivity index (χ3n) is 4.59. The molecule has 2 aliphatic rings. The molecule has 1 fully saturated rings. The first-order valence-electron chi connectivity index (χ1n) is 10.0. The second kappa shape index (κ2) is 10.4. The zero-order valence-corrected chi connectivity index (χ0v) is 19.5. The van der Waals surface area contributed by atoms with Crippen LogP contribution in [0.1, 0.15) is 33.3 Å². The summed E-state index contributed by atoms with van der Waals surface area (Å²) in [5, 5.41) is 2.32. The second-order valence-electron chi connectivity index (χ2n) is 7.34. The molecule has 1 aromatic rings. The largest absolute Gasteiger partial charge is 0.463 e. The first kappa shape index (κ1) is 25.4. The Kier molecular flexibility index (Phi) is 7.77. The van der Waals surface area contributed by atoms with Crippen LogP contribution in [-0.4, -0.2) is 65.1 Å². The number of esters is 4. The van der Waals surface area contributed by atoms with Crippen molar-refractivity contribution in [3.8, 4) is 0 Å². The summed E-state index contributed by atoms with van der Waals surface area (Å²) in [6.07, 6.45) is -5.39. The molecule has 0 aliphatic carbocycles. The molecule has 2 heterocycles. The molecule has 3 rings (SSSR count). The van der Waals surface area contributed by atoms with E-state index >= 15 is 0 Å². The second-order valence-corrected chi connectivity index (χ2v) is 8.50. The van der Waals surface area contributed by atoms with Crippen LogP contribution in [-0.2, 0) is 47.7 Å². The molecule has 0 amide bonds. The molecule has 5 atom stereocenters. The average Bonchev–Trinajstić information content (AvgIpc) is 3.16. The van der Waals surface area contributed by atoms with Crippen molar-refractivity contribution in [1.29, 1.82) is 0 Å². The van der Waals surface area contributed by atoms with E-state index in [0.29, 0.717) is 5.56 Å². The maximum atomic E-state index is 13.4. The summed E-state index contributed by atoms with van der Waals surface area (Å²) < 4.78 is 40.6. The van der Waals surface area contributed by atoms with Crippen LogP contribution in [0.5, 0.6) is 0 Å². The minimum absolute atomic E-state index is 0.246. The topological polar surface area (TPSA) is 136 Å². The number of thioether (sulfide) groups is 1. The van der Waals surface area contributed by atoms with Gasteiger partial charge in [-0.25, -0.2) is 4.39 Å². The standard InChI is InChI=1S/C21H22FNO10S/c1-10(24)28-9-16-17(29-11(2)25)18(30-12(3)26)19(31-13(4)27)21(32-16)33-23-20(34-21)14-5-7-15(22)8-6-14/h5-8,16-19H,9H2,1-4H3/t16-,17-,18+,19-,21+/m1/s1. The lowest BCUT2D eigenvalue weighted by atomic mass is 9.98. The highest BCUT2D eigenvalue weighted by Gasteiger charge is 2.65. The Morgan fingerprint density at radius 1 is 0.941 bits per heavy atom. The lowest BCUT2D eigenvalue weighted by molar-refractivity contribution is -0.323. The average molecular weight is 499 g/mol. The predicted molar refractivity (Wildman–Crippen MR) is 113 cm³/mol. The van der Waals surface area contributed by atoms with Gasteiger partial charge in [0.05, 0.1) is 0 Å². The lowest BCUT2D eigenvalue weighted by Gasteiger charge is -2.47. The Morgan fingerprint density at radius 2 is 1.53 bits per heavy atom. The van der Waals surface area contributed by atoms with Crippen molar-refractivity contribution < 1.29 is 52.1 Å². The Morgan fingerprint density at radius 3 is 2.09 bits per heavy atom. The number of carbonyl (C=O) groups excluding carboxylic acids is 4. The molecule has 184 valence electrons. The molecular formula is C21H22FNO10S. The highest BCUT2D eigenvalue weighted by Crippen LogP contribution is 2.48. The molecule has 11 nitrogen and oxygen atoms in total. The third kappa shape index (κ3) is 5.83.